The van der Waals surface area contributed by atoms with E-state index in [-0.39, 0.29) is 0 Å². The maximum absolute atomic E-state index is 5.73. The zero-order chi connectivity index (χ0) is 12.4. The van der Waals surface area contributed by atoms with Crippen LogP contribution in [0.2, 0.25) is 0 Å². The number of anilines is 2. The zero-order valence-electron chi connectivity index (χ0n) is 9.71. The molecule has 0 atom stereocenters. The molecule has 0 radical (unpaired) electrons. The first-order valence-electron chi connectivity index (χ1n) is 5.81. The highest BCUT2D eigenvalue weighted by molar-refractivity contribution is 9.10. The lowest BCUT2D eigenvalue weighted by Crippen LogP contribution is -2.18. The summed E-state index contributed by atoms with van der Waals surface area (Å²) >= 11 is 3.38. The molecule has 0 unspecified atom stereocenters. The number of nitrogens with zero attached hydrogens (tertiary/aromatic N) is 3. The number of hydrogen-bond donors (Lipinski definition) is 0. The minimum atomic E-state index is 0.736. The third-order valence-corrected chi connectivity index (χ3v) is 3.27. The average Bonchev–Trinajstić information content (AvgIpc) is 2.61. The van der Waals surface area contributed by atoms with Crippen molar-refractivity contribution in [1.29, 1.82) is 0 Å². The number of rotatable bonds is 1. The SMILES string of the molecule is Brc1cc(N2CCCOc3ccccc32)ncn1. The van der Waals surface area contributed by atoms with Gasteiger partial charge in [0, 0.05) is 12.6 Å². The number of hydrogen-bond acceptors (Lipinski definition) is 4. The molecule has 0 saturated heterocycles. The van der Waals surface area contributed by atoms with Crippen LogP contribution >= 0.6 is 15.9 Å². The predicted octanol–water partition coefficient (Wildman–Crippen LogP) is 3.16. The molecule has 0 spiro atoms. The Morgan fingerprint density at radius 2 is 2.11 bits per heavy atom. The van der Waals surface area contributed by atoms with Crippen molar-refractivity contribution in [1.82, 2.24) is 9.97 Å². The van der Waals surface area contributed by atoms with Crippen molar-refractivity contribution in [3.63, 3.8) is 0 Å². The molecule has 1 aromatic carbocycles. The fraction of sp³-hybridized carbons (Fsp3) is 0.231. The van der Waals surface area contributed by atoms with Gasteiger partial charge >= 0.3 is 0 Å². The zero-order valence-corrected chi connectivity index (χ0v) is 11.3. The van der Waals surface area contributed by atoms with E-state index in [0.717, 1.165) is 41.4 Å². The maximum Gasteiger partial charge on any atom is 0.142 e. The number of halogens is 1. The van der Waals surface area contributed by atoms with Crippen LogP contribution in [0.1, 0.15) is 6.42 Å². The second-order valence-corrected chi connectivity index (χ2v) is 4.83. The van der Waals surface area contributed by atoms with Crippen molar-refractivity contribution >= 4 is 27.4 Å². The van der Waals surface area contributed by atoms with Crippen molar-refractivity contribution in [2.24, 2.45) is 0 Å². The Morgan fingerprint density at radius 1 is 1.22 bits per heavy atom. The highest BCUT2D eigenvalue weighted by atomic mass is 79.9. The Hall–Kier alpha value is -1.62. The molecule has 0 fully saturated rings. The molecule has 2 heterocycles. The lowest BCUT2D eigenvalue weighted by molar-refractivity contribution is 0.322. The number of ether oxygens (including phenoxy) is 1. The van der Waals surface area contributed by atoms with Gasteiger partial charge in [0.1, 0.15) is 22.5 Å². The highest BCUT2D eigenvalue weighted by Gasteiger charge is 2.18. The van der Waals surface area contributed by atoms with Crippen LogP contribution in [-0.2, 0) is 0 Å². The molecule has 0 saturated carbocycles. The first kappa shape index (κ1) is 11.5. The maximum atomic E-state index is 5.73. The summed E-state index contributed by atoms with van der Waals surface area (Å²) in [6.07, 6.45) is 2.53. The monoisotopic (exact) mass is 305 g/mol. The van der Waals surface area contributed by atoms with Crippen LogP contribution in [0.3, 0.4) is 0 Å². The molecule has 0 bridgehead atoms. The molecule has 0 amide bonds. The van der Waals surface area contributed by atoms with E-state index in [1.54, 1.807) is 6.33 Å². The minimum absolute atomic E-state index is 0.736. The third kappa shape index (κ3) is 2.18. The Morgan fingerprint density at radius 3 is 3.00 bits per heavy atom. The first-order chi connectivity index (χ1) is 8.84. The summed E-state index contributed by atoms with van der Waals surface area (Å²) in [5.41, 5.74) is 1.06. The van der Waals surface area contributed by atoms with E-state index >= 15 is 0 Å². The average molecular weight is 306 g/mol. The van der Waals surface area contributed by atoms with Crippen molar-refractivity contribution in [3.05, 3.63) is 41.3 Å². The summed E-state index contributed by atoms with van der Waals surface area (Å²) in [6, 6.07) is 9.96. The molecule has 1 aliphatic rings. The van der Waals surface area contributed by atoms with Gasteiger partial charge in [-0.25, -0.2) is 9.97 Å². The van der Waals surface area contributed by atoms with Gasteiger partial charge in [-0.1, -0.05) is 12.1 Å². The van der Waals surface area contributed by atoms with E-state index in [2.05, 4.69) is 36.9 Å². The standard InChI is InChI=1S/C13H12BrN3O/c14-12-8-13(16-9-15-12)17-6-3-7-18-11-5-2-1-4-10(11)17/h1-2,4-5,8-9H,3,6-7H2. The largest absolute Gasteiger partial charge is 0.491 e. The number of benzene rings is 1. The summed E-state index contributed by atoms with van der Waals surface area (Å²) in [5, 5.41) is 0. The Bertz CT molecular complexity index is 561. The van der Waals surface area contributed by atoms with E-state index in [0.29, 0.717) is 0 Å². The smallest absolute Gasteiger partial charge is 0.142 e. The normalized spacial score (nSPS) is 14.6. The molecular weight excluding hydrogens is 294 g/mol. The highest BCUT2D eigenvalue weighted by Crippen LogP contribution is 2.35. The van der Waals surface area contributed by atoms with Gasteiger partial charge in [-0.15, -0.1) is 0 Å². The fourth-order valence-electron chi connectivity index (χ4n) is 2.04. The van der Waals surface area contributed by atoms with Gasteiger partial charge in [-0.2, -0.15) is 0 Å². The Balaban J connectivity index is 2.06. The van der Waals surface area contributed by atoms with Gasteiger partial charge in [-0.3, -0.25) is 0 Å². The summed E-state index contributed by atoms with van der Waals surface area (Å²) in [6.45, 7) is 1.63. The molecular formula is C13H12BrN3O. The molecule has 4 nitrogen and oxygen atoms in total. The lowest BCUT2D eigenvalue weighted by atomic mass is 10.2. The summed E-state index contributed by atoms with van der Waals surface area (Å²) in [4.78, 5) is 10.6. The summed E-state index contributed by atoms with van der Waals surface area (Å²) < 4.78 is 6.52. The van der Waals surface area contributed by atoms with Crippen LogP contribution in [0.15, 0.2) is 41.3 Å². The second kappa shape index (κ2) is 4.94. The van der Waals surface area contributed by atoms with E-state index in [4.69, 9.17) is 4.74 Å². The van der Waals surface area contributed by atoms with Crippen LogP contribution in [0.5, 0.6) is 5.75 Å². The Kier molecular flexibility index (Phi) is 3.15. The lowest BCUT2D eigenvalue weighted by Gasteiger charge is -2.22. The van der Waals surface area contributed by atoms with Crippen LogP contribution < -0.4 is 9.64 Å². The summed E-state index contributed by atoms with van der Waals surface area (Å²) in [5.74, 6) is 1.79. The van der Waals surface area contributed by atoms with Crippen LogP contribution in [0, 0.1) is 0 Å². The minimum Gasteiger partial charge on any atom is -0.491 e. The van der Waals surface area contributed by atoms with Gasteiger partial charge in [0.05, 0.1) is 12.3 Å². The quantitative estimate of drug-likeness (QED) is 0.759. The third-order valence-electron chi connectivity index (χ3n) is 2.84. The molecule has 0 aliphatic carbocycles. The molecule has 92 valence electrons. The molecule has 1 aliphatic heterocycles. The van der Waals surface area contributed by atoms with Crippen LogP contribution in [0.4, 0.5) is 11.5 Å². The molecule has 5 heteroatoms. The van der Waals surface area contributed by atoms with Crippen LogP contribution in [0.25, 0.3) is 0 Å². The second-order valence-electron chi connectivity index (χ2n) is 4.02. The van der Waals surface area contributed by atoms with E-state index in [9.17, 15) is 0 Å². The van der Waals surface area contributed by atoms with Crippen molar-refractivity contribution in [2.45, 2.75) is 6.42 Å². The summed E-state index contributed by atoms with van der Waals surface area (Å²) in [7, 11) is 0. The van der Waals surface area contributed by atoms with Gasteiger partial charge < -0.3 is 9.64 Å². The topological polar surface area (TPSA) is 38.2 Å². The Labute approximate surface area is 114 Å². The van der Waals surface area contributed by atoms with Gasteiger partial charge in [-0.05, 0) is 34.5 Å². The first-order valence-corrected chi connectivity index (χ1v) is 6.61. The van der Waals surface area contributed by atoms with E-state index < -0.39 is 0 Å². The van der Waals surface area contributed by atoms with Crippen molar-refractivity contribution in [3.8, 4) is 5.75 Å². The van der Waals surface area contributed by atoms with E-state index in [1.165, 1.54) is 0 Å². The number of aromatic nitrogens is 2. The number of para-hydroxylation sites is 2. The van der Waals surface area contributed by atoms with Crippen LogP contribution in [-0.4, -0.2) is 23.1 Å². The molecule has 18 heavy (non-hydrogen) atoms. The fourth-order valence-corrected chi connectivity index (χ4v) is 2.33. The van der Waals surface area contributed by atoms with E-state index in [1.807, 2.05) is 24.3 Å². The molecule has 1 aromatic heterocycles. The molecule has 0 N–H and O–H groups in total. The van der Waals surface area contributed by atoms with Crippen molar-refractivity contribution in [2.75, 3.05) is 18.1 Å². The van der Waals surface area contributed by atoms with Crippen molar-refractivity contribution < 1.29 is 4.74 Å². The predicted molar refractivity (Wildman–Crippen MR) is 73.3 cm³/mol. The molecule has 2 aromatic rings. The number of fused-ring (bicyclic) bond motifs is 1. The van der Waals surface area contributed by atoms with Gasteiger partial charge in [0.25, 0.3) is 0 Å². The van der Waals surface area contributed by atoms with Gasteiger partial charge in [0.2, 0.25) is 0 Å². The van der Waals surface area contributed by atoms with Gasteiger partial charge in [0.15, 0.2) is 0 Å². The molecule has 3 rings (SSSR count).